The fourth-order valence-electron chi connectivity index (χ4n) is 3.14. The van der Waals surface area contributed by atoms with Gasteiger partial charge in [0, 0.05) is 11.1 Å². The minimum atomic E-state index is -3.47. The Morgan fingerprint density at radius 2 is 1.78 bits per heavy atom. The molecule has 3 rings (SSSR count). The van der Waals surface area contributed by atoms with Crippen molar-refractivity contribution in [2.75, 3.05) is 5.32 Å². The number of fused-ring (bicyclic) bond motifs is 1. The zero-order valence-electron chi connectivity index (χ0n) is 15.2. The summed E-state index contributed by atoms with van der Waals surface area (Å²) in [6, 6.07) is 10.5. The molecule has 6 heteroatoms. The smallest absolute Gasteiger partial charge is 0.266 e. The number of rotatable bonds is 3. The average Bonchev–Trinajstić information content (AvgIpc) is 2.89. The second kappa shape index (κ2) is 6.86. The third-order valence-electron chi connectivity index (χ3n) is 4.40. The van der Waals surface area contributed by atoms with Crippen molar-refractivity contribution in [1.82, 2.24) is 0 Å². The molecule has 2 aromatic rings. The Balaban J connectivity index is 1.91. The maximum absolute atomic E-state index is 12.5. The molecule has 0 unspecified atom stereocenters. The van der Waals surface area contributed by atoms with Crippen LogP contribution in [0, 0.1) is 32.1 Å². The Labute approximate surface area is 158 Å². The van der Waals surface area contributed by atoms with Crippen LogP contribution >= 0.6 is 0 Å². The lowest BCUT2D eigenvalue weighted by molar-refractivity contribution is -0.112. The molecule has 1 N–H and O–H groups in total. The van der Waals surface area contributed by atoms with E-state index in [0.717, 1.165) is 27.7 Å². The van der Waals surface area contributed by atoms with E-state index in [1.807, 2.05) is 39.0 Å². The molecule has 0 spiro atoms. The standard InChI is InChI=1S/C21H18N2O3S/c1-13-8-14(2)19(15(3)9-13)10-17(12-22)21(24)23-18-5-4-16-6-7-27(25,26)20(16)11-18/h4-11H,1-3H3,(H,23,24)/b17-10+. The maximum atomic E-state index is 12.5. The van der Waals surface area contributed by atoms with Gasteiger partial charge in [-0.05, 0) is 67.3 Å². The van der Waals surface area contributed by atoms with Gasteiger partial charge in [-0.1, -0.05) is 23.8 Å². The van der Waals surface area contributed by atoms with Crippen LogP contribution in [0.3, 0.4) is 0 Å². The predicted octanol–water partition coefficient (Wildman–Crippen LogP) is 3.92. The van der Waals surface area contributed by atoms with Gasteiger partial charge in [0.05, 0.1) is 4.90 Å². The summed E-state index contributed by atoms with van der Waals surface area (Å²) in [7, 11) is -3.47. The number of nitrogens with one attached hydrogen (secondary N) is 1. The molecular formula is C21H18N2O3S. The Morgan fingerprint density at radius 1 is 1.11 bits per heavy atom. The number of carbonyl (C=O) groups excluding carboxylic acids is 1. The summed E-state index contributed by atoms with van der Waals surface area (Å²) in [5.74, 6) is -0.583. The van der Waals surface area contributed by atoms with Crippen molar-refractivity contribution in [2.45, 2.75) is 25.7 Å². The van der Waals surface area contributed by atoms with Crippen LogP contribution in [0.4, 0.5) is 5.69 Å². The number of benzene rings is 2. The highest BCUT2D eigenvalue weighted by atomic mass is 32.2. The van der Waals surface area contributed by atoms with E-state index in [-0.39, 0.29) is 10.5 Å². The first-order valence-electron chi connectivity index (χ1n) is 8.29. The number of nitrogens with zero attached hydrogens (tertiary/aromatic N) is 1. The minimum absolute atomic E-state index is 0.0495. The summed E-state index contributed by atoms with van der Waals surface area (Å²) < 4.78 is 23.9. The molecule has 1 aliphatic rings. The van der Waals surface area contributed by atoms with Crippen molar-refractivity contribution < 1.29 is 13.2 Å². The van der Waals surface area contributed by atoms with Gasteiger partial charge in [0.15, 0.2) is 0 Å². The van der Waals surface area contributed by atoms with E-state index in [9.17, 15) is 18.5 Å². The van der Waals surface area contributed by atoms with Crippen LogP contribution < -0.4 is 5.32 Å². The third-order valence-corrected chi connectivity index (χ3v) is 5.86. The molecule has 1 aliphatic heterocycles. The van der Waals surface area contributed by atoms with Crippen molar-refractivity contribution in [3.63, 3.8) is 0 Å². The van der Waals surface area contributed by atoms with E-state index in [1.165, 1.54) is 12.1 Å². The normalized spacial score (nSPS) is 14.5. The second-order valence-corrected chi connectivity index (χ2v) is 8.34. The van der Waals surface area contributed by atoms with Crippen LogP contribution in [-0.2, 0) is 14.6 Å². The van der Waals surface area contributed by atoms with Gasteiger partial charge in [0.2, 0.25) is 9.84 Å². The number of hydrogen-bond donors (Lipinski definition) is 1. The first kappa shape index (κ1) is 18.6. The zero-order chi connectivity index (χ0) is 19.8. The number of amides is 1. The summed E-state index contributed by atoms with van der Waals surface area (Å²) in [6.45, 7) is 5.84. The molecule has 5 nitrogen and oxygen atoms in total. The number of nitriles is 1. The van der Waals surface area contributed by atoms with Crippen molar-refractivity contribution in [2.24, 2.45) is 0 Å². The molecule has 0 aliphatic carbocycles. The Kier molecular flexibility index (Phi) is 4.73. The van der Waals surface area contributed by atoms with Crippen LogP contribution in [-0.4, -0.2) is 14.3 Å². The van der Waals surface area contributed by atoms with E-state index >= 15 is 0 Å². The molecule has 0 saturated heterocycles. The van der Waals surface area contributed by atoms with Gasteiger partial charge >= 0.3 is 0 Å². The van der Waals surface area contributed by atoms with Crippen LogP contribution in [0.25, 0.3) is 12.2 Å². The van der Waals surface area contributed by atoms with Gasteiger partial charge in [-0.25, -0.2) is 8.42 Å². The van der Waals surface area contributed by atoms with Gasteiger partial charge in [-0.2, -0.15) is 5.26 Å². The van der Waals surface area contributed by atoms with E-state index in [2.05, 4.69) is 5.32 Å². The first-order valence-corrected chi connectivity index (χ1v) is 9.84. The molecule has 27 heavy (non-hydrogen) atoms. The van der Waals surface area contributed by atoms with E-state index in [0.29, 0.717) is 11.3 Å². The van der Waals surface area contributed by atoms with E-state index in [4.69, 9.17) is 0 Å². The van der Waals surface area contributed by atoms with Gasteiger partial charge in [0.1, 0.15) is 11.6 Å². The molecule has 0 atom stereocenters. The molecule has 0 radical (unpaired) electrons. The molecule has 0 bridgehead atoms. The number of hydrogen-bond acceptors (Lipinski definition) is 4. The number of carbonyl (C=O) groups is 1. The second-order valence-electron chi connectivity index (χ2n) is 6.54. The summed E-state index contributed by atoms with van der Waals surface area (Å²) in [6.07, 6.45) is 3.07. The first-order chi connectivity index (χ1) is 12.7. The van der Waals surface area contributed by atoms with Crippen molar-refractivity contribution in [3.8, 4) is 6.07 Å². The molecule has 1 heterocycles. The molecule has 0 fully saturated rings. The summed E-state index contributed by atoms with van der Waals surface area (Å²) >= 11 is 0. The number of aryl methyl sites for hydroxylation is 3. The molecule has 136 valence electrons. The Morgan fingerprint density at radius 3 is 2.41 bits per heavy atom. The Hall–Kier alpha value is -3.17. The molecular weight excluding hydrogens is 360 g/mol. The monoisotopic (exact) mass is 378 g/mol. The van der Waals surface area contributed by atoms with Gasteiger partial charge in [0.25, 0.3) is 5.91 Å². The number of sulfone groups is 1. The van der Waals surface area contributed by atoms with Crippen molar-refractivity contribution in [1.29, 1.82) is 5.26 Å². The highest BCUT2D eigenvalue weighted by Gasteiger charge is 2.21. The van der Waals surface area contributed by atoms with Crippen LogP contribution in [0.1, 0.15) is 27.8 Å². The van der Waals surface area contributed by atoms with Gasteiger partial charge < -0.3 is 5.32 Å². The third kappa shape index (κ3) is 3.69. The predicted molar refractivity (Wildman–Crippen MR) is 106 cm³/mol. The quantitative estimate of drug-likeness (QED) is 0.648. The summed E-state index contributed by atoms with van der Waals surface area (Å²) in [4.78, 5) is 12.7. The van der Waals surface area contributed by atoms with Crippen molar-refractivity contribution in [3.05, 3.63) is 69.1 Å². The summed E-state index contributed by atoms with van der Waals surface area (Å²) in [5.41, 5.74) is 4.74. The topological polar surface area (TPSA) is 87.0 Å². The van der Waals surface area contributed by atoms with Crippen LogP contribution in [0.15, 0.2) is 46.2 Å². The molecule has 1 amide bonds. The van der Waals surface area contributed by atoms with E-state index < -0.39 is 15.7 Å². The Bertz CT molecular complexity index is 1140. The molecule has 0 saturated carbocycles. The highest BCUT2D eigenvalue weighted by molar-refractivity contribution is 7.94. The molecule has 2 aromatic carbocycles. The fraction of sp³-hybridized carbons (Fsp3) is 0.143. The van der Waals surface area contributed by atoms with Gasteiger partial charge in [-0.15, -0.1) is 0 Å². The lowest BCUT2D eigenvalue weighted by Crippen LogP contribution is -2.14. The average molecular weight is 378 g/mol. The largest absolute Gasteiger partial charge is 0.321 e. The van der Waals surface area contributed by atoms with Crippen LogP contribution in [0.2, 0.25) is 0 Å². The highest BCUT2D eigenvalue weighted by Crippen LogP contribution is 2.29. The lowest BCUT2D eigenvalue weighted by Gasteiger charge is -2.09. The maximum Gasteiger partial charge on any atom is 0.266 e. The zero-order valence-corrected chi connectivity index (χ0v) is 16.0. The van der Waals surface area contributed by atoms with Crippen molar-refractivity contribution >= 4 is 33.6 Å². The minimum Gasteiger partial charge on any atom is -0.321 e. The van der Waals surface area contributed by atoms with Gasteiger partial charge in [-0.3, -0.25) is 4.79 Å². The lowest BCUT2D eigenvalue weighted by atomic mass is 9.98. The van der Waals surface area contributed by atoms with E-state index in [1.54, 1.807) is 18.2 Å². The molecule has 0 aromatic heterocycles. The fourth-order valence-corrected chi connectivity index (χ4v) is 4.37. The van der Waals surface area contributed by atoms with Crippen LogP contribution in [0.5, 0.6) is 0 Å². The SMILES string of the molecule is Cc1cc(C)c(/C=C(\C#N)C(=O)Nc2ccc3c(c2)S(=O)(=O)C=C3)c(C)c1. The summed E-state index contributed by atoms with van der Waals surface area (Å²) in [5, 5.41) is 13.2. The number of anilines is 1.